The predicted molar refractivity (Wildman–Crippen MR) is 104 cm³/mol. The maximum absolute atomic E-state index is 12.9. The Hall–Kier alpha value is -1.82. The molecule has 4 nitrogen and oxygen atoms in total. The van der Waals surface area contributed by atoms with Crippen LogP contribution in [-0.2, 0) is 6.42 Å². The maximum atomic E-state index is 12.9. The van der Waals surface area contributed by atoms with Crippen molar-refractivity contribution in [2.75, 3.05) is 38.0 Å². The summed E-state index contributed by atoms with van der Waals surface area (Å²) in [6, 6.07) is 11.2. The van der Waals surface area contributed by atoms with Crippen LogP contribution in [0.3, 0.4) is 0 Å². The number of piperazine rings is 1. The Labute approximate surface area is 162 Å². The van der Waals surface area contributed by atoms with Gasteiger partial charge in [-0.2, -0.15) is 0 Å². The van der Waals surface area contributed by atoms with Crippen LogP contribution in [-0.4, -0.2) is 48.6 Å². The lowest BCUT2D eigenvalue weighted by atomic mass is 10.1. The highest BCUT2D eigenvalue weighted by Crippen LogP contribution is 2.21. The lowest BCUT2D eigenvalue weighted by Crippen LogP contribution is -2.50. The molecule has 2 aromatic carbocycles. The first-order valence-electron chi connectivity index (χ1n) is 8.49. The number of anilines is 1. The number of hydrogen-bond acceptors (Lipinski definition) is 2. The molecule has 0 atom stereocenters. The summed E-state index contributed by atoms with van der Waals surface area (Å²) in [5.74, 6) is -0.322. The molecule has 7 heteroatoms. The number of carbonyl (C=O) groups excluding carboxylic acids is 1. The molecular formula is C19H20Cl2FN3O. The van der Waals surface area contributed by atoms with Crippen LogP contribution < -0.4 is 5.32 Å². The minimum atomic E-state index is -0.322. The molecule has 0 bridgehead atoms. The standard InChI is InChI=1S/C19H20Cl2FN3O/c20-15-2-1-14(18(21)13-15)7-8-24-9-11-25(12-10-24)19(26)23-17-5-3-16(22)4-6-17/h1-6,13H,7-12H2,(H,23,26). The molecule has 1 heterocycles. The van der Waals surface area contributed by atoms with Crippen LogP contribution in [0.15, 0.2) is 42.5 Å². The van der Waals surface area contributed by atoms with Gasteiger partial charge in [0.15, 0.2) is 0 Å². The Morgan fingerprint density at radius 1 is 1.04 bits per heavy atom. The van der Waals surface area contributed by atoms with E-state index in [2.05, 4.69) is 10.2 Å². The molecule has 1 aliphatic rings. The lowest BCUT2D eigenvalue weighted by Gasteiger charge is -2.34. The van der Waals surface area contributed by atoms with Gasteiger partial charge in [0.2, 0.25) is 0 Å². The molecule has 0 spiro atoms. The number of rotatable bonds is 4. The van der Waals surface area contributed by atoms with Crippen LogP contribution in [0.25, 0.3) is 0 Å². The van der Waals surface area contributed by atoms with Gasteiger partial charge in [-0.1, -0.05) is 29.3 Å². The zero-order chi connectivity index (χ0) is 18.5. The van der Waals surface area contributed by atoms with Gasteiger partial charge in [0, 0.05) is 48.5 Å². The van der Waals surface area contributed by atoms with Crippen molar-refractivity contribution < 1.29 is 9.18 Å². The Morgan fingerprint density at radius 3 is 2.38 bits per heavy atom. The molecule has 0 saturated carbocycles. The van der Waals surface area contributed by atoms with Gasteiger partial charge >= 0.3 is 6.03 Å². The molecule has 138 valence electrons. The summed E-state index contributed by atoms with van der Waals surface area (Å²) in [7, 11) is 0. The van der Waals surface area contributed by atoms with Crippen molar-refractivity contribution >= 4 is 34.9 Å². The Kier molecular flexibility index (Phi) is 6.35. The van der Waals surface area contributed by atoms with E-state index in [1.165, 1.54) is 12.1 Å². The number of nitrogens with zero attached hydrogens (tertiary/aromatic N) is 2. The highest BCUT2D eigenvalue weighted by Gasteiger charge is 2.21. The van der Waals surface area contributed by atoms with Crippen molar-refractivity contribution in [2.24, 2.45) is 0 Å². The van der Waals surface area contributed by atoms with Gasteiger partial charge in [-0.15, -0.1) is 0 Å². The average molecular weight is 396 g/mol. The SMILES string of the molecule is O=C(Nc1ccc(F)cc1)N1CCN(CCc2ccc(Cl)cc2Cl)CC1. The number of benzene rings is 2. The van der Waals surface area contributed by atoms with Gasteiger partial charge in [0.25, 0.3) is 0 Å². The Balaban J connectivity index is 1.44. The third-order valence-electron chi connectivity index (χ3n) is 4.47. The summed E-state index contributed by atoms with van der Waals surface area (Å²) < 4.78 is 12.9. The molecule has 26 heavy (non-hydrogen) atoms. The summed E-state index contributed by atoms with van der Waals surface area (Å²) in [5.41, 5.74) is 1.67. The van der Waals surface area contributed by atoms with E-state index >= 15 is 0 Å². The van der Waals surface area contributed by atoms with Crippen molar-refractivity contribution in [2.45, 2.75) is 6.42 Å². The molecule has 0 unspecified atom stereocenters. The zero-order valence-electron chi connectivity index (χ0n) is 14.2. The van der Waals surface area contributed by atoms with E-state index in [-0.39, 0.29) is 11.8 Å². The minimum Gasteiger partial charge on any atom is -0.322 e. The number of carbonyl (C=O) groups is 1. The van der Waals surface area contributed by atoms with Crippen LogP contribution in [0.5, 0.6) is 0 Å². The highest BCUT2D eigenvalue weighted by molar-refractivity contribution is 6.35. The van der Waals surface area contributed by atoms with Crippen LogP contribution >= 0.6 is 23.2 Å². The molecule has 1 saturated heterocycles. The van der Waals surface area contributed by atoms with Gasteiger partial charge in [-0.05, 0) is 48.4 Å². The molecule has 2 amide bonds. The van der Waals surface area contributed by atoms with Crippen LogP contribution in [0.1, 0.15) is 5.56 Å². The quantitative estimate of drug-likeness (QED) is 0.825. The summed E-state index contributed by atoms with van der Waals surface area (Å²) in [4.78, 5) is 16.4. The lowest BCUT2D eigenvalue weighted by molar-refractivity contribution is 0.148. The molecule has 1 fully saturated rings. The summed E-state index contributed by atoms with van der Waals surface area (Å²) in [6.07, 6.45) is 0.845. The average Bonchev–Trinajstić information content (AvgIpc) is 2.63. The van der Waals surface area contributed by atoms with E-state index in [0.29, 0.717) is 28.8 Å². The van der Waals surface area contributed by atoms with E-state index in [4.69, 9.17) is 23.2 Å². The van der Waals surface area contributed by atoms with E-state index in [9.17, 15) is 9.18 Å². The van der Waals surface area contributed by atoms with Crippen molar-refractivity contribution in [1.82, 2.24) is 9.80 Å². The van der Waals surface area contributed by atoms with Crippen molar-refractivity contribution in [3.63, 3.8) is 0 Å². The molecule has 0 aliphatic carbocycles. The smallest absolute Gasteiger partial charge is 0.321 e. The minimum absolute atomic E-state index is 0.156. The van der Waals surface area contributed by atoms with Crippen molar-refractivity contribution in [3.05, 3.63) is 63.9 Å². The van der Waals surface area contributed by atoms with Gasteiger partial charge in [0.05, 0.1) is 0 Å². The first kappa shape index (κ1) is 19.0. The number of hydrogen-bond donors (Lipinski definition) is 1. The maximum Gasteiger partial charge on any atom is 0.321 e. The summed E-state index contributed by atoms with van der Waals surface area (Å²) >= 11 is 12.1. The third kappa shape index (κ3) is 5.10. The fourth-order valence-electron chi connectivity index (χ4n) is 2.91. The fraction of sp³-hybridized carbons (Fsp3) is 0.316. The van der Waals surface area contributed by atoms with E-state index < -0.39 is 0 Å². The van der Waals surface area contributed by atoms with Gasteiger partial charge in [0.1, 0.15) is 5.82 Å². The number of urea groups is 1. The topological polar surface area (TPSA) is 35.6 Å². The third-order valence-corrected chi connectivity index (χ3v) is 5.05. The first-order valence-corrected chi connectivity index (χ1v) is 9.24. The largest absolute Gasteiger partial charge is 0.322 e. The summed E-state index contributed by atoms with van der Waals surface area (Å²) in [6.45, 7) is 3.81. The van der Waals surface area contributed by atoms with Crippen molar-refractivity contribution in [1.29, 1.82) is 0 Å². The number of amides is 2. The van der Waals surface area contributed by atoms with Crippen LogP contribution in [0, 0.1) is 5.82 Å². The molecule has 0 radical (unpaired) electrons. The molecule has 2 aromatic rings. The van der Waals surface area contributed by atoms with Gasteiger partial charge < -0.3 is 10.2 Å². The summed E-state index contributed by atoms with van der Waals surface area (Å²) in [5, 5.41) is 4.12. The fourth-order valence-corrected chi connectivity index (χ4v) is 3.42. The van der Waals surface area contributed by atoms with Gasteiger partial charge in [-0.25, -0.2) is 9.18 Å². The highest BCUT2D eigenvalue weighted by atomic mass is 35.5. The molecular weight excluding hydrogens is 376 g/mol. The Morgan fingerprint density at radius 2 is 1.73 bits per heavy atom. The first-order chi connectivity index (χ1) is 12.5. The van der Waals surface area contributed by atoms with E-state index in [1.54, 1.807) is 23.1 Å². The van der Waals surface area contributed by atoms with Crippen LogP contribution in [0.4, 0.5) is 14.9 Å². The molecule has 0 aromatic heterocycles. The normalized spacial score (nSPS) is 15.1. The second-order valence-corrected chi connectivity index (χ2v) is 7.10. The van der Waals surface area contributed by atoms with Gasteiger partial charge in [-0.3, -0.25) is 4.90 Å². The van der Waals surface area contributed by atoms with E-state index in [1.807, 2.05) is 12.1 Å². The van der Waals surface area contributed by atoms with E-state index in [0.717, 1.165) is 31.6 Å². The second kappa shape index (κ2) is 8.71. The monoisotopic (exact) mass is 395 g/mol. The molecule has 3 rings (SSSR count). The Bertz CT molecular complexity index is 762. The number of nitrogens with one attached hydrogen (secondary N) is 1. The zero-order valence-corrected chi connectivity index (χ0v) is 15.7. The number of halogens is 3. The predicted octanol–water partition coefficient (Wildman–Crippen LogP) is 4.52. The second-order valence-electron chi connectivity index (χ2n) is 6.25. The van der Waals surface area contributed by atoms with Crippen LogP contribution in [0.2, 0.25) is 10.0 Å². The van der Waals surface area contributed by atoms with Crippen molar-refractivity contribution in [3.8, 4) is 0 Å². The molecule has 1 aliphatic heterocycles. The molecule has 1 N–H and O–H groups in total.